The summed E-state index contributed by atoms with van der Waals surface area (Å²) in [5.74, 6) is 0.804. The second kappa shape index (κ2) is 7.24. The third-order valence-corrected chi connectivity index (χ3v) is 3.58. The molecular formula is C15H23N3O2. The van der Waals surface area contributed by atoms with Gasteiger partial charge in [-0.15, -0.1) is 0 Å². The zero-order valence-electron chi connectivity index (χ0n) is 12.0. The molecule has 1 aromatic heterocycles. The quantitative estimate of drug-likeness (QED) is 0.857. The van der Waals surface area contributed by atoms with E-state index < -0.39 is 0 Å². The number of hydrogen-bond acceptors (Lipinski definition) is 4. The molecule has 0 bridgehead atoms. The Kier molecular flexibility index (Phi) is 5.35. The first-order valence-electron chi connectivity index (χ1n) is 7.31. The monoisotopic (exact) mass is 277 g/mol. The number of carbonyl (C=O) groups is 1. The molecule has 5 heteroatoms. The molecular weight excluding hydrogens is 254 g/mol. The van der Waals surface area contributed by atoms with Crippen molar-refractivity contribution in [1.82, 2.24) is 9.88 Å². The van der Waals surface area contributed by atoms with Crippen LogP contribution >= 0.6 is 0 Å². The molecule has 1 aromatic rings. The number of rotatable bonds is 6. The molecule has 0 saturated carbocycles. The lowest BCUT2D eigenvalue weighted by Gasteiger charge is -2.21. The van der Waals surface area contributed by atoms with Gasteiger partial charge in [-0.1, -0.05) is 19.8 Å². The largest absolute Gasteiger partial charge is 0.487 e. The lowest BCUT2D eigenvalue weighted by Crippen LogP contribution is -2.43. The fourth-order valence-corrected chi connectivity index (χ4v) is 2.42. The highest BCUT2D eigenvalue weighted by Gasteiger charge is 2.30. The van der Waals surface area contributed by atoms with Gasteiger partial charge in [-0.3, -0.25) is 9.78 Å². The Balaban J connectivity index is 1.81. The lowest BCUT2D eigenvalue weighted by molar-refractivity contribution is -0.132. The van der Waals surface area contributed by atoms with Gasteiger partial charge >= 0.3 is 0 Å². The lowest BCUT2D eigenvalue weighted by atomic mass is 10.1. The summed E-state index contributed by atoms with van der Waals surface area (Å²) in [7, 11) is 0. The summed E-state index contributed by atoms with van der Waals surface area (Å²) in [6, 6.07) is 3.35. The molecule has 5 nitrogen and oxygen atoms in total. The number of nitrogens with zero attached hydrogens (tertiary/aromatic N) is 2. The van der Waals surface area contributed by atoms with Crippen molar-refractivity contribution in [3.8, 4) is 5.75 Å². The molecule has 0 spiro atoms. The molecule has 0 radical (unpaired) electrons. The number of aromatic nitrogens is 1. The molecule has 2 heterocycles. The molecule has 0 aliphatic carbocycles. The zero-order chi connectivity index (χ0) is 14.4. The highest BCUT2D eigenvalue weighted by molar-refractivity contribution is 5.81. The van der Waals surface area contributed by atoms with E-state index in [-0.39, 0.29) is 18.1 Å². The van der Waals surface area contributed by atoms with E-state index in [1.165, 1.54) is 0 Å². The van der Waals surface area contributed by atoms with E-state index in [0.717, 1.165) is 38.0 Å². The van der Waals surface area contributed by atoms with E-state index in [2.05, 4.69) is 11.9 Å². The molecule has 0 aromatic carbocycles. The first-order chi connectivity index (χ1) is 9.70. The van der Waals surface area contributed by atoms with Crippen molar-refractivity contribution in [3.05, 3.63) is 24.5 Å². The number of hydrogen-bond donors (Lipinski definition) is 1. The number of pyridine rings is 1. The van der Waals surface area contributed by atoms with Crippen LogP contribution in [0.15, 0.2) is 24.5 Å². The summed E-state index contributed by atoms with van der Waals surface area (Å²) in [4.78, 5) is 18.0. The van der Waals surface area contributed by atoms with Crippen LogP contribution in [-0.4, -0.2) is 41.0 Å². The van der Waals surface area contributed by atoms with Crippen molar-refractivity contribution in [2.24, 2.45) is 5.73 Å². The van der Waals surface area contributed by atoms with Crippen LogP contribution in [0, 0.1) is 0 Å². The van der Waals surface area contributed by atoms with Gasteiger partial charge < -0.3 is 15.4 Å². The van der Waals surface area contributed by atoms with E-state index in [1.807, 2.05) is 17.0 Å². The minimum Gasteiger partial charge on any atom is -0.487 e. The van der Waals surface area contributed by atoms with Crippen LogP contribution in [0.5, 0.6) is 5.75 Å². The SMILES string of the molecule is CCCC[C@H](N)C(=O)N1CC[C@H](Oc2cccnc2)C1. The van der Waals surface area contributed by atoms with Crippen LogP contribution in [0.4, 0.5) is 0 Å². The standard InChI is InChI=1S/C15H23N3O2/c1-2-3-6-14(16)15(19)18-9-7-13(11-18)20-12-5-4-8-17-10-12/h4-5,8,10,13-14H,2-3,6-7,9,11,16H2,1H3/t13-,14-/m0/s1. The van der Waals surface area contributed by atoms with E-state index in [0.29, 0.717) is 6.54 Å². The molecule has 1 fully saturated rings. The minimum atomic E-state index is -0.368. The van der Waals surface area contributed by atoms with Gasteiger partial charge in [-0.2, -0.15) is 0 Å². The second-order valence-corrected chi connectivity index (χ2v) is 5.25. The maximum atomic E-state index is 12.2. The number of nitrogens with two attached hydrogens (primary N) is 1. The van der Waals surface area contributed by atoms with Gasteiger partial charge in [0, 0.05) is 19.2 Å². The Labute approximate surface area is 120 Å². The van der Waals surface area contributed by atoms with Crippen molar-refractivity contribution in [1.29, 1.82) is 0 Å². The molecule has 2 N–H and O–H groups in total. The first-order valence-corrected chi connectivity index (χ1v) is 7.31. The molecule has 1 saturated heterocycles. The predicted molar refractivity (Wildman–Crippen MR) is 77.4 cm³/mol. The van der Waals surface area contributed by atoms with Gasteiger partial charge in [0.2, 0.25) is 5.91 Å². The summed E-state index contributed by atoms with van der Waals surface area (Å²) >= 11 is 0. The number of carbonyl (C=O) groups excluding carboxylic acids is 1. The average molecular weight is 277 g/mol. The van der Waals surface area contributed by atoms with Crippen LogP contribution in [0.2, 0.25) is 0 Å². The van der Waals surface area contributed by atoms with Crippen molar-refractivity contribution < 1.29 is 9.53 Å². The maximum Gasteiger partial charge on any atom is 0.239 e. The van der Waals surface area contributed by atoms with E-state index in [4.69, 9.17) is 10.5 Å². The molecule has 0 unspecified atom stereocenters. The van der Waals surface area contributed by atoms with Gasteiger partial charge in [0.15, 0.2) is 0 Å². The topological polar surface area (TPSA) is 68.5 Å². The van der Waals surface area contributed by atoms with Gasteiger partial charge in [0.05, 0.1) is 18.8 Å². The number of amides is 1. The first kappa shape index (κ1) is 14.8. The zero-order valence-corrected chi connectivity index (χ0v) is 12.0. The van der Waals surface area contributed by atoms with Crippen molar-refractivity contribution in [3.63, 3.8) is 0 Å². The fraction of sp³-hybridized carbons (Fsp3) is 0.600. The van der Waals surface area contributed by atoms with Crippen LogP contribution < -0.4 is 10.5 Å². The van der Waals surface area contributed by atoms with Crippen molar-refractivity contribution >= 4 is 5.91 Å². The summed E-state index contributed by atoms with van der Waals surface area (Å²) in [6.45, 7) is 3.45. The van der Waals surface area contributed by atoms with Crippen LogP contribution in [0.25, 0.3) is 0 Å². The van der Waals surface area contributed by atoms with Gasteiger partial charge in [0.25, 0.3) is 0 Å². The number of unbranched alkanes of at least 4 members (excludes halogenated alkanes) is 1. The fourth-order valence-electron chi connectivity index (χ4n) is 2.42. The van der Waals surface area contributed by atoms with E-state index in [1.54, 1.807) is 12.4 Å². The summed E-state index contributed by atoms with van der Waals surface area (Å²) in [5, 5.41) is 0. The molecule has 20 heavy (non-hydrogen) atoms. The van der Waals surface area contributed by atoms with Gasteiger partial charge in [-0.25, -0.2) is 0 Å². The Hall–Kier alpha value is -1.62. The molecule has 1 aliphatic rings. The van der Waals surface area contributed by atoms with Crippen LogP contribution in [-0.2, 0) is 4.79 Å². The number of likely N-dealkylation sites (tertiary alicyclic amines) is 1. The molecule has 1 amide bonds. The normalized spacial score (nSPS) is 19.9. The smallest absolute Gasteiger partial charge is 0.239 e. The van der Waals surface area contributed by atoms with Crippen molar-refractivity contribution in [2.75, 3.05) is 13.1 Å². The predicted octanol–water partition coefficient (Wildman–Crippen LogP) is 1.58. The summed E-state index contributed by atoms with van der Waals surface area (Å²) < 4.78 is 5.82. The van der Waals surface area contributed by atoms with Crippen LogP contribution in [0.1, 0.15) is 32.6 Å². The molecule has 1 aliphatic heterocycles. The van der Waals surface area contributed by atoms with E-state index >= 15 is 0 Å². The van der Waals surface area contributed by atoms with Gasteiger partial charge in [-0.05, 0) is 18.6 Å². The molecule has 110 valence electrons. The highest BCUT2D eigenvalue weighted by atomic mass is 16.5. The summed E-state index contributed by atoms with van der Waals surface area (Å²) in [5.41, 5.74) is 5.94. The van der Waals surface area contributed by atoms with Gasteiger partial charge in [0.1, 0.15) is 11.9 Å². The Bertz CT molecular complexity index is 424. The molecule has 2 rings (SSSR count). The number of ether oxygens (including phenoxy) is 1. The van der Waals surface area contributed by atoms with Crippen LogP contribution in [0.3, 0.4) is 0 Å². The Morgan fingerprint density at radius 1 is 1.65 bits per heavy atom. The van der Waals surface area contributed by atoms with Crippen molar-refractivity contribution in [2.45, 2.75) is 44.8 Å². The third kappa shape index (κ3) is 3.93. The third-order valence-electron chi connectivity index (χ3n) is 3.58. The highest BCUT2D eigenvalue weighted by Crippen LogP contribution is 2.18. The Morgan fingerprint density at radius 2 is 2.50 bits per heavy atom. The Morgan fingerprint density at radius 3 is 3.20 bits per heavy atom. The minimum absolute atomic E-state index is 0.0431. The maximum absolute atomic E-state index is 12.2. The second-order valence-electron chi connectivity index (χ2n) is 5.25. The summed E-state index contributed by atoms with van der Waals surface area (Å²) in [6.07, 6.45) is 7.12. The average Bonchev–Trinajstić information content (AvgIpc) is 2.93. The van der Waals surface area contributed by atoms with E-state index in [9.17, 15) is 4.79 Å². The molecule has 2 atom stereocenters.